The molecule has 2 N–H and O–H groups in total. The minimum absolute atomic E-state index is 0.0750. The first-order chi connectivity index (χ1) is 17.0. The van der Waals surface area contributed by atoms with Gasteiger partial charge in [0, 0.05) is 55.2 Å². The molecule has 1 aliphatic heterocycles. The van der Waals surface area contributed by atoms with Gasteiger partial charge in [-0.15, -0.1) is 5.10 Å². The number of rotatable bonds is 7. The Morgan fingerprint density at radius 3 is 2.71 bits per heavy atom. The van der Waals surface area contributed by atoms with Crippen molar-refractivity contribution in [3.05, 3.63) is 30.4 Å². The highest BCUT2D eigenvalue weighted by molar-refractivity contribution is 5.81. The SMILES string of the molecule is COC[C@H](C)Nc1ncc2c(-c3cnn(C4CN(C(=O)OC)C4)c3)cc([C@H]3CC[C@H](O)CC3)n2n1. The Labute approximate surface area is 204 Å². The summed E-state index contributed by atoms with van der Waals surface area (Å²) in [7, 11) is 3.07. The zero-order valence-electron chi connectivity index (χ0n) is 20.4. The van der Waals surface area contributed by atoms with E-state index in [0.29, 0.717) is 31.6 Å². The highest BCUT2D eigenvalue weighted by Gasteiger charge is 2.33. The number of hydrogen-bond acceptors (Lipinski definition) is 8. The molecule has 35 heavy (non-hydrogen) atoms. The summed E-state index contributed by atoms with van der Waals surface area (Å²) in [4.78, 5) is 17.9. The van der Waals surface area contributed by atoms with Gasteiger partial charge in [0.15, 0.2) is 0 Å². The van der Waals surface area contributed by atoms with Crippen molar-refractivity contribution >= 4 is 17.6 Å². The number of anilines is 1. The Bertz CT molecular complexity index is 1180. The number of fused-ring (bicyclic) bond motifs is 1. The summed E-state index contributed by atoms with van der Waals surface area (Å²) in [6, 6.07) is 2.40. The van der Waals surface area contributed by atoms with Gasteiger partial charge in [0.25, 0.3) is 0 Å². The lowest BCUT2D eigenvalue weighted by molar-refractivity contribution is 0.0674. The first-order valence-electron chi connectivity index (χ1n) is 12.2. The molecule has 1 atom stereocenters. The van der Waals surface area contributed by atoms with Gasteiger partial charge in [-0.25, -0.2) is 14.3 Å². The summed E-state index contributed by atoms with van der Waals surface area (Å²) < 4.78 is 13.9. The molecule has 2 fully saturated rings. The van der Waals surface area contributed by atoms with Gasteiger partial charge < -0.3 is 24.8 Å². The number of amides is 1. The predicted molar refractivity (Wildman–Crippen MR) is 129 cm³/mol. The van der Waals surface area contributed by atoms with Gasteiger partial charge in [0.1, 0.15) is 0 Å². The standard InChI is InChI=1S/C24H33N7O4/c1-15(14-34-2)27-23-25-10-22-20(8-21(31(22)28-23)16-4-6-19(32)7-5-16)17-9-26-30(11-17)18-12-29(13-18)24(33)35-3/h8-11,15-16,18-19,32H,4-7,12-14H2,1-3H3,(H,27,28)/t15-,16-,19-/m0/s1. The average Bonchev–Trinajstić information content (AvgIpc) is 3.43. The Morgan fingerprint density at radius 1 is 1.23 bits per heavy atom. The number of nitrogens with zero attached hydrogens (tertiary/aromatic N) is 6. The van der Waals surface area contributed by atoms with Crippen LogP contribution in [0.25, 0.3) is 16.6 Å². The maximum atomic E-state index is 11.7. The molecular formula is C24H33N7O4. The largest absolute Gasteiger partial charge is 0.453 e. The zero-order chi connectivity index (χ0) is 24.5. The molecule has 5 rings (SSSR count). The molecule has 11 nitrogen and oxygen atoms in total. The van der Waals surface area contributed by atoms with Gasteiger partial charge in [-0.3, -0.25) is 4.68 Å². The van der Waals surface area contributed by atoms with Crippen molar-refractivity contribution in [2.45, 2.75) is 56.7 Å². The quantitative estimate of drug-likeness (QED) is 0.527. The van der Waals surface area contributed by atoms with Crippen LogP contribution in [-0.2, 0) is 9.47 Å². The fraction of sp³-hybridized carbons (Fsp3) is 0.583. The van der Waals surface area contributed by atoms with E-state index in [1.165, 1.54) is 7.11 Å². The number of carbonyl (C=O) groups is 1. The van der Waals surface area contributed by atoms with Crippen molar-refractivity contribution in [2.75, 3.05) is 39.2 Å². The van der Waals surface area contributed by atoms with E-state index in [-0.39, 0.29) is 24.3 Å². The summed E-state index contributed by atoms with van der Waals surface area (Å²) in [5.74, 6) is 0.864. The van der Waals surface area contributed by atoms with Crippen LogP contribution in [0.2, 0.25) is 0 Å². The molecule has 3 aromatic heterocycles. The van der Waals surface area contributed by atoms with Crippen molar-refractivity contribution in [3.63, 3.8) is 0 Å². The summed E-state index contributed by atoms with van der Waals surface area (Å²) in [5, 5.41) is 22.7. The van der Waals surface area contributed by atoms with Gasteiger partial charge in [0.2, 0.25) is 5.95 Å². The highest BCUT2D eigenvalue weighted by atomic mass is 16.5. The van der Waals surface area contributed by atoms with Crippen LogP contribution in [0, 0.1) is 0 Å². The van der Waals surface area contributed by atoms with E-state index in [2.05, 4.69) is 21.5 Å². The van der Waals surface area contributed by atoms with Crippen molar-refractivity contribution in [2.24, 2.45) is 0 Å². The third kappa shape index (κ3) is 4.70. The van der Waals surface area contributed by atoms with Crippen LogP contribution in [0.15, 0.2) is 24.7 Å². The molecule has 3 aromatic rings. The van der Waals surface area contributed by atoms with Crippen molar-refractivity contribution in [3.8, 4) is 11.1 Å². The fourth-order valence-electron chi connectivity index (χ4n) is 5.06. The van der Waals surface area contributed by atoms with Crippen LogP contribution in [0.3, 0.4) is 0 Å². The number of nitrogens with one attached hydrogen (secondary N) is 1. The molecular weight excluding hydrogens is 450 g/mol. The minimum atomic E-state index is -0.310. The molecule has 4 heterocycles. The van der Waals surface area contributed by atoms with E-state index >= 15 is 0 Å². The van der Waals surface area contributed by atoms with Crippen molar-refractivity contribution in [1.82, 2.24) is 29.3 Å². The summed E-state index contributed by atoms with van der Waals surface area (Å²) in [5.41, 5.74) is 4.05. The third-order valence-electron chi connectivity index (χ3n) is 7.03. The number of ether oxygens (including phenoxy) is 2. The van der Waals surface area contributed by atoms with Crippen LogP contribution in [0.4, 0.5) is 10.7 Å². The Hall–Kier alpha value is -3.18. The number of hydrogen-bond donors (Lipinski definition) is 2. The van der Waals surface area contributed by atoms with Crippen LogP contribution in [0.5, 0.6) is 0 Å². The molecule has 1 amide bonds. The molecule has 0 unspecified atom stereocenters. The Kier molecular flexibility index (Phi) is 6.61. The van der Waals surface area contributed by atoms with E-state index in [0.717, 1.165) is 48.0 Å². The monoisotopic (exact) mass is 483 g/mol. The van der Waals surface area contributed by atoms with Gasteiger partial charge in [-0.2, -0.15) is 5.10 Å². The van der Waals surface area contributed by atoms with E-state index in [1.807, 2.05) is 34.7 Å². The van der Waals surface area contributed by atoms with E-state index in [9.17, 15) is 9.90 Å². The van der Waals surface area contributed by atoms with Crippen LogP contribution in [0.1, 0.15) is 50.3 Å². The van der Waals surface area contributed by atoms with Gasteiger partial charge in [0.05, 0.1) is 43.8 Å². The number of aliphatic hydroxyl groups excluding tert-OH is 1. The molecule has 0 spiro atoms. The maximum Gasteiger partial charge on any atom is 0.409 e. The summed E-state index contributed by atoms with van der Waals surface area (Å²) in [6.45, 7) is 3.74. The Morgan fingerprint density at radius 2 is 2.00 bits per heavy atom. The molecule has 0 radical (unpaired) electrons. The maximum absolute atomic E-state index is 11.7. The second-order valence-electron chi connectivity index (χ2n) is 9.61. The molecule has 0 bridgehead atoms. The number of likely N-dealkylation sites (tertiary alicyclic amines) is 1. The predicted octanol–water partition coefficient (Wildman–Crippen LogP) is 2.68. The molecule has 1 saturated carbocycles. The Balaban J connectivity index is 1.45. The number of carbonyl (C=O) groups excluding carboxylic acids is 1. The number of methoxy groups -OCH3 is 2. The normalized spacial score (nSPS) is 21.7. The molecule has 1 saturated heterocycles. The number of aromatic nitrogens is 5. The minimum Gasteiger partial charge on any atom is -0.453 e. The topological polar surface area (TPSA) is 119 Å². The van der Waals surface area contributed by atoms with Crippen LogP contribution >= 0.6 is 0 Å². The lowest BCUT2D eigenvalue weighted by atomic mass is 9.85. The van der Waals surface area contributed by atoms with Crippen LogP contribution < -0.4 is 5.32 Å². The summed E-state index contributed by atoms with van der Waals surface area (Å²) >= 11 is 0. The molecule has 188 valence electrons. The molecule has 2 aliphatic rings. The average molecular weight is 484 g/mol. The van der Waals surface area contributed by atoms with Gasteiger partial charge in [-0.1, -0.05) is 0 Å². The van der Waals surface area contributed by atoms with Gasteiger partial charge in [-0.05, 0) is 38.7 Å². The molecule has 1 aliphatic carbocycles. The van der Waals surface area contributed by atoms with E-state index in [1.54, 1.807) is 12.0 Å². The smallest absolute Gasteiger partial charge is 0.409 e. The fourth-order valence-corrected chi connectivity index (χ4v) is 5.06. The van der Waals surface area contributed by atoms with Crippen LogP contribution in [-0.4, -0.2) is 86.5 Å². The second kappa shape index (κ2) is 9.82. The van der Waals surface area contributed by atoms with Crippen molar-refractivity contribution < 1.29 is 19.4 Å². The molecule has 0 aromatic carbocycles. The lowest BCUT2D eigenvalue weighted by Gasteiger charge is -2.37. The highest BCUT2D eigenvalue weighted by Crippen LogP contribution is 2.38. The molecule has 11 heteroatoms. The first-order valence-corrected chi connectivity index (χ1v) is 12.2. The number of aliphatic hydroxyl groups is 1. The first kappa shape index (κ1) is 23.6. The summed E-state index contributed by atoms with van der Waals surface area (Å²) in [6.07, 6.45) is 8.64. The van der Waals surface area contributed by atoms with Crippen molar-refractivity contribution in [1.29, 1.82) is 0 Å². The van der Waals surface area contributed by atoms with E-state index in [4.69, 9.17) is 14.6 Å². The van der Waals surface area contributed by atoms with E-state index < -0.39 is 0 Å². The van der Waals surface area contributed by atoms with Gasteiger partial charge >= 0.3 is 6.09 Å². The third-order valence-corrected chi connectivity index (χ3v) is 7.03. The zero-order valence-corrected chi connectivity index (χ0v) is 20.4. The second-order valence-corrected chi connectivity index (χ2v) is 9.61. The lowest BCUT2D eigenvalue weighted by Crippen LogP contribution is -2.50.